The van der Waals surface area contributed by atoms with Gasteiger partial charge in [-0.15, -0.1) is 21.5 Å². The number of carbonyl (C=O) groups excluding carboxylic acids is 2. The molecule has 2 aromatic heterocycles. The third-order valence-electron chi connectivity index (χ3n) is 7.22. The number of anilines is 1. The maximum atomic E-state index is 13.2. The predicted molar refractivity (Wildman–Crippen MR) is 161 cm³/mol. The zero-order valence-electron chi connectivity index (χ0n) is 23.1. The number of aromatic nitrogens is 2. The van der Waals surface area contributed by atoms with Crippen molar-refractivity contribution in [2.75, 3.05) is 44.2 Å². The van der Waals surface area contributed by atoms with Crippen LogP contribution in [0.3, 0.4) is 0 Å². The molecule has 1 aliphatic heterocycles. The molecule has 2 amide bonds. The van der Waals surface area contributed by atoms with Crippen LogP contribution in [0, 0.1) is 5.92 Å². The van der Waals surface area contributed by atoms with Gasteiger partial charge >= 0.3 is 0 Å². The molecule has 206 valence electrons. The second-order valence-electron chi connectivity index (χ2n) is 10.5. The maximum Gasteiger partial charge on any atom is 0.264 e. The summed E-state index contributed by atoms with van der Waals surface area (Å²) in [6, 6.07) is 26.4. The Bertz CT molecular complexity index is 1380. The van der Waals surface area contributed by atoms with Crippen molar-refractivity contribution in [3.63, 3.8) is 0 Å². The van der Waals surface area contributed by atoms with Gasteiger partial charge in [-0.3, -0.25) is 9.59 Å². The van der Waals surface area contributed by atoms with Crippen LogP contribution >= 0.6 is 11.3 Å². The third-order valence-corrected chi connectivity index (χ3v) is 8.07. The Labute approximate surface area is 240 Å². The van der Waals surface area contributed by atoms with Gasteiger partial charge in [-0.05, 0) is 47.0 Å². The Morgan fingerprint density at radius 2 is 1.52 bits per heavy atom. The summed E-state index contributed by atoms with van der Waals surface area (Å²) in [6.07, 6.45) is 0.865. The first-order valence-electron chi connectivity index (χ1n) is 13.8. The molecular weight excluding hydrogens is 518 g/mol. The summed E-state index contributed by atoms with van der Waals surface area (Å²) in [4.78, 5) is 32.6. The second-order valence-corrected chi connectivity index (χ2v) is 11.4. The molecule has 40 heavy (non-hydrogen) atoms. The molecule has 0 aliphatic carbocycles. The number of thiophene rings is 1. The van der Waals surface area contributed by atoms with Crippen LogP contribution in [-0.4, -0.2) is 71.1 Å². The molecule has 0 saturated carbocycles. The molecule has 0 N–H and O–H groups in total. The van der Waals surface area contributed by atoms with Crippen molar-refractivity contribution in [1.82, 2.24) is 20.0 Å². The number of nitrogens with zero attached hydrogens (tertiary/aromatic N) is 5. The second kappa shape index (κ2) is 12.9. The minimum atomic E-state index is -0.0623. The first-order valence-corrected chi connectivity index (χ1v) is 14.7. The van der Waals surface area contributed by atoms with E-state index in [0.29, 0.717) is 43.5 Å². The van der Waals surface area contributed by atoms with Crippen LogP contribution in [0.1, 0.15) is 29.9 Å². The number of hydrogen-bond donors (Lipinski definition) is 0. The molecule has 4 aromatic rings. The van der Waals surface area contributed by atoms with Crippen LogP contribution in [0.2, 0.25) is 0 Å². The molecule has 3 heterocycles. The van der Waals surface area contributed by atoms with Crippen molar-refractivity contribution < 1.29 is 9.59 Å². The fraction of sp³-hybridized carbons (Fsp3) is 0.312. The molecule has 0 spiro atoms. The van der Waals surface area contributed by atoms with E-state index < -0.39 is 0 Å². The van der Waals surface area contributed by atoms with Crippen molar-refractivity contribution in [2.24, 2.45) is 5.92 Å². The van der Waals surface area contributed by atoms with Crippen molar-refractivity contribution in [2.45, 2.75) is 20.3 Å². The molecule has 5 rings (SSSR count). The summed E-state index contributed by atoms with van der Waals surface area (Å²) in [7, 11) is 0. The molecule has 2 aromatic carbocycles. The van der Waals surface area contributed by atoms with Gasteiger partial charge in [-0.1, -0.05) is 74.5 Å². The molecule has 0 bridgehead atoms. The highest BCUT2D eigenvalue weighted by molar-refractivity contribution is 7.12. The molecule has 0 radical (unpaired) electrons. The Hall–Kier alpha value is -4.04. The number of piperazine rings is 1. The molecule has 1 saturated heterocycles. The smallest absolute Gasteiger partial charge is 0.264 e. The standard InChI is InChI=1S/C32H35N5O2S/c1-24(2)16-17-37(32(39)29-9-6-22-40-29)23-31(38)36-20-18-35(19-21-36)30-15-14-28(33-34-30)27-12-10-26(11-13-27)25-7-4-3-5-8-25/h3-15,22,24H,16-21,23H2,1-2H3. The normalized spacial score (nSPS) is 13.5. The van der Waals surface area contributed by atoms with Crippen LogP contribution in [-0.2, 0) is 4.79 Å². The monoisotopic (exact) mass is 553 g/mol. The van der Waals surface area contributed by atoms with Gasteiger partial charge in [0.15, 0.2) is 5.82 Å². The summed E-state index contributed by atoms with van der Waals surface area (Å²) in [5.41, 5.74) is 4.20. The van der Waals surface area contributed by atoms with Gasteiger partial charge in [0.2, 0.25) is 5.91 Å². The van der Waals surface area contributed by atoms with Crippen molar-refractivity contribution in [3.05, 3.63) is 89.1 Å². The van der Waals surface area contributed by atoms with Gasteiger partial charge in [0.05, 0.1) is 10.6 Å². The van der Waals surface area contributed by atoms with Gasteiger partial charge in [0.25, 0.3) is 5.91 Å². The molecule has 1 aliphatic rings. The first-order chi connectivity index (χ1) is 19.5. The Balaban J connectivity index is 1.16. The van der Waals surface area contributed by atoms with E-state index in [1.165, 1.54) is 22.5 Å². The van der Waals surface area contributed by atoms with Gasteiger partial charge in [0, 0.05) is 38.3 Å². The topological polar surface area (TPSA) is 69.6 Å². The number of carbonyl (C=O) groups is 2. The number of benzene rings is 2. The number of amides is 2. The van der Waals surface area contributed by atoms with E-state index in [9.17, 15) is 9.59 Å². The average Bonchev–Trinajstić information content (AvgIpc) is 3.55. The van der Waals surface area contributed by atoms with Gasteiger partial charge in [-0.25, -0.2) is 0 Å². The lowest BCUT2D eigenvalue weighted by atomic mass is 10.0. The van der Waals surface area contributed by atoms with Gasteiger partial charge < -0.3 is 14.7 Å². The van der Waals surface area contributed by atoms with E-state index in [0.717, 1.165) is 23.5 Å². The van der Waals surface area contributed by atoms with E-state index in [1.807, 2.05) is 52.7 Å². The highest BCUT2D eigenvalue weighted by Crippen LogP contribution is 2.24. The SMILES string of the molecule is CC(C)CCN(CC(=O)N1CCN(c2ccc(-c3ccc(-c4ccccc4)cc3)nn2)CC1)C(=O)c1cccs1. The molecule has 8 heteroatoms. The lowest BCUT2D eigenvalue weighted by Crippen LogP contribution is -2.52. The van der Waals surface area contributed by atoms with E-state index in [-0.39, 0.29) is 18.4 Å². The lowest BCUT2D eigenvalue weighted by molar-refractivity contribution is -0.132. The van der Waals surface area contributed by atoms with Crippen LogP contribution in [0.4, 0.5) is 5.82 Å². The number of hydrogen-bond acceptors (Lipinski definition) is 6. The largest absolute Gasteiger partial charge is 0.352 e. The van der Waals surface area contributed by atoms with Crippen molar-refractivity contribution in [1.29, 1.82) is 0 Å². The van der Waals surface area contributed by atoms with E-state index in [2.05, 4.69) is 65.3 Å². The zero-order valence-corrected chi connectivity index (χ0v) is 23.9. The fourth-order valence-corrected chi connectivity index (χ4v) is 5.47. The zero-order chi connectivity index (χ0) is 27.9. The summed E-state index contributed by atoms with van der Waals surface area (Å²) in [6.45, 7) is 7.49. The third kappa shape index (κ3) is 6.74. The quantitative estimate of drug-likeness (QED) is 0.266. The number of rotatable bonds is 9. The Morgan fingerprint density at radius 1 is 0.825 bits per heavy atom. The summed E-state index contributed by atoms with van der Waals surface area (Å²) >= 11 is 1.42. The van der Waals surface area contributed by atoms with Crippen LogP contribution in [0.5, 0.6) is 0 Å². The first kappa shape index (κ1) is 27.5. The van der Waals surface area contributed by atoms with Crippen molar-refractivity contribution in [3.8, 4) is 22.4 Å². The summed E-state index contributed by atoms with van der Waals surface area (Å²) in [5, 5.41) is 10.9. The van der Waals surface area contributed by atoms with Gasteiger partial charge in [-0.2, -0.15) is 0 Å². The molecule has 7 nitrogen and oxygen atoms in total. The van der Waals surface area contributed by atoms with Crippen LogP contribution in [0.25, 0.3) is 22.4 Å². The van der Waals surface area contributed by atoms with Crippen LogP contribution < -0.4 is 4.90 Å². The van der Waals surface area contributed by atoms with E-state index >= 15 is 0 Å². The Kier molecular flexibility index (Phi) is 8.86. The van der Waals surface area contributed by atoms with Crippen molar-refractivity contribution >= 4 is 29.0 Å². The lowest BCUT2D eigenvalue weighted by Gasteiger charge is -2.36. The molecule has 0 unspecified atom stereocenters. The van der Waals surface area contributed by atoms with Crippen LogP contribution in [0.15, 0.2) is 84.2 Å². The molecule has 1 fully saturated rings. The molecular formula is C32H35N5O2S. The maximum absolute atomic E-state index is 13.2. The minimum absolute atomic E-state index is 0.00584. The Morgan fingerprint density at radius 3 is 2.15 bits per heavy atom. The van der Waals surface area contributed by atoms with E-state index in [1.54, 1.807) is 4.90 Å². The predicted octanol–water partition coefficient (Wildman–Crippen LogP) is 5.71. The summed E-state index contributed by atoms with van der Waals surface area (Å²) in [5.74, 6) is 1.20. The minimum Gasteiger partial charge on any atom is -0.352 e. The highest BCUT2D eigenvalue weighted by Gasteiger charge is 2.26. The highest BCUT2D eigenvalue weighted by atomic mass is 32.1. The molecule has 0 atom stereocenters. The van der Waals surface area contributed by atoms with Gasteiger partial charge in [0.1, 0.15) is 6.54 Å². The van der Waals surface area contributed by atoms with E-state index in [4.69, 9.17) is 0 Å². The average molecular weight is 554 g/mol. The summed E-state index contributed by atoms with van der Waals surface area (Å²) < 4.78 is 0. The fourth-order valence-electron chi connectivity index (χ4n) is 4.78.